The zero-order valence-electron chi connectivity index (χ0n) is 10.9. The van der Waals surface area contributed by atoms with Gasteiger partial charge in [-0.1, -0.05) is 11.6 Å². The van der Waals surface area contributed by atoms with Crippen molar-refractivity contribution in [3.05, 3.63) is 34.9 Å². The topological polar surface area (TPSA) is 64.7 Å². The third-order valence-electron chi connectivity index (χ3n) is 2.63. The van der Waals surface area contributed by atoms with E-state index >= 15 is 0 Å². The van der Waals surface area contributed by atoms with E-state index in [4.69, 9.17) is 11.6 Å². The van der Waals surface area contributed by atoms with Gasteiger partial charge < -0.3 is 5.32 Å². The zero-order chi connectivity index (χ0) is 15.6. The number of nitrogens with zero attached hydrogens (tertiary/aromatic N) is 4. The molecule has 0 unspecified atom stereocenters. The molecule has 0 radical (unpaired) electrons. The molecule has 0 atom stereocenters. The van der Waals surface area contributed by atoms with Crippen LogP contribution in [0.5, 0.6) is 0 Å². The molecular formula is C11H11ClF3N5O. The van der Waals surface area contributed by atoms with Gasteiger partial charge in [-0.2, -0.15) is 23.4 Å². The highest BCUT2D eigenvalue weighted by atomic mass is 35.5. The summed E-state index contributed by atoms with van der Waals surface area (Å²) in [6.45, 7) is 0.534. The van der Waals surface area contributed by atoms with Gasteiger partial charge in [-0.25, -0.2) is 0 Å². The molecule has 21 heavy (non-hydrogen) atoms. The second kappa shape index (κ2) is 5.76. The summed E-state index contributed by atoms with van der Waals surface area (Å²) < 4.78 is 39.9. The number of carbonyl (C=O) groups excluding carboxylic acids is 1. The van der Waals surface area contributed by atoms with Crippen LogP contribution in [0.25, 0.3) is 0 Å². The number of nitrogens with one attached hydrogen (secondary N) is 1. The van der Waals surface area contributed by atoms with Gasteiger partial charge in [-0.05, 0) is 0 Å². The molecule has 0 bridgehead atoms. The zero-order valence-corrected chi connectivity index (χ0v) is 11.6. The maximum Gasteiger partial charge on any atom is 0.433 e. The summed E-state index contributed by atoms with van der Waals surface area (Å²) in [7, 11) is 1.13. The van der Waals surface area contributed by atoms with Crippen molar-refractivity contribution in [3.63, 3.8) is 0 Å². The van der Waals surface area contributed by atoms with E-state index in [9.17, 15) is 18.0 Å². The van der Waals surface area contributed by atoms with E-state index in [0.717, 1.165) is 7.05 Å². The molecule has 2 rings (SSSR count). The first kappa shape index (κ1) is 15.4. The molecule has 0 fully saturated rings. The first-order chi connectivity index (χ1) is 9.77. The predicted octanol–water partition coefficient (Wildman–Crippen LogP) is 1.72. The molecule has 1 amide bonds. The molecular weight excluding hydrogens is 311 g/mol. The number of aryl methyl sites for hydroxylation is 1. The van der Waals surface area contributed by atoms with Gasteiger partial charge in [0.25, 0.3) is 5.91 Å². The lowest BCUT2D eigenvalue weighted by atomic mass is 10.3. The maximum absolute atomic E-state index is 12.6. The van der Waals surface area contributed by atoms with Gasteiger partial charge in [0.1, 0.15) is 5.69 Å². The van der Waals surface area contributed by atoms with Crippen LogP contribution in [0.4, 0.5) is 13.2 Å². The van der Waals surface area contributed by atoms with Crippen molar-refractivity contribution >= 4 is 17.5 Å². The SMILES string of the molecule is Cn1nc(C(=O)NCCn2cc(Cl)cn2)cc1C(F)(F)F. The molecule has 0 saturated heterocycles. The molecule has 2 heterocycles. The Kier molecular flexibility index (Phi) is 4.21. The maximum atomic E-state index is 12.6. The Labute approximate surface area is 122 Å². The molecule has 2 aromatic rings. The van der Waals surface area contributed by atoms with Crippen LogP contribution >= 0.6 is 11.6 Å². The Morgan fingerprint density at radius 2 is 2.19 bits per heavy atom. The molecule has 0 aliphatic carbocycles. The van der Waals surface area contributed by atoms with Crippen LogP contribution < -0.4 is 5.32 Å². The van der Waals surface area contributed by atoms with E-state index in [2.05, 4.69) is 15.5 Å². The van der Waals surface area contributed by atoms with Crippen LogP contribution in [-0.4, -0.2) is 32.0 Å². The van der Waals surface area contributed by atoms with Crippen molar-refractivity contribution in [2.24, 2.45) is 7.05 Å². The minimum atomic E-state index is -4.55. The van der Waals surface area contributed by atoms with Crippen LogP contribution in [0.2, 0.25) is 5.02 Å². The highest BCUT2D eigenvalue weighted by molar-refractivity contribution is 6.30. The minimum Gasteiger partial charge on any atom is -0.349 e. The fraction of sp³-hybridized carbons (Fsp3) is 0.364. The second-order valence-corrected chi connectivity index (χ2v) is 4.65. The average Bonchev–Trinajstić information content (AvgIpc) is 2.95. The normalized spacial score (nSPS) is 11.7. The lowest BCUT2D eigenvalue weighted by Crippen LogP contribution is -2.27. The molecule has 10 heteroatoms. The summed E-state index contributed by atoms with van der Waals surface area (Å²) in [6, 6.07) is 0.708. The number of aromatic nitrogens is 4. The molecule has 0 spiro atoms. The van der Waals surface area contributed by atoms with Gasteiger partial charge in [-0.15, -0.1) is 0 Å². The smallest absolute Gasteiger partial charge is 0.349 e. The Morgan fingerprint density at radius 3 is 2.71 bits per heavy atom. The third kappa shape index (κ3) is 3.75. The van der Waals surface area contributed by atoms with Crippen molar-refractivity contribution in [1.82, 2.24) is 24.9 Å². The highest BCUT2D eigenvalue weighted by Crippen LogP contribution is 2.29. The quantitative estimate of drug-likeness (QED) is 0.932. The summed E-state index contributed by atoms with van der Waals surface area (Å²) in [6.07, 6.45) is -1.54. The first-order valence-corrected chi connectivity index (χ1v) is 6.22. The van der Waals surface area contributed by atoms with Crippen molar-refractivity contribution < 1.29 is 18.0 Å². The van der Waals surface area contributed by atoms with E-state index in [1.807, 2.05) is 0 Å². The van der Waals surface area contributed by atoms with Gasteiger partial charge in [-0.3, -0.25) is 14.2 Å². The van der Waals surface area contributed by atoms with Crippen LogP contribution in [-0.2, 0) is 19.8 Å². The van der Waals surface area contributed by atoms with E-state index in [1.54, 1.807) is 6.20 Å². The number of carbonyl (C=O) groups is 1. The fourth-order valence-electron chi connectivity index (χ4n) is 1.68. The largest absolute Gasteiger partial charge is 0.433 e. The van der Waals surface area contributed by atoms with E-state index < -0.39 is 17.8 Å². The molecule has 0 aliphatic rings. The van der Waals surface area contributed by atoms with Gasteiger partial charge in [0.2, 0.25) is 0 Å². The monoisotopic (exact) mass is 321 g/mol. The van der Waals surface area contributed by atoms with Gasteiger partial charge >= 0.3 is 6.18 Å². The number of hydrogen-bond donors (Lipinski definition) is 1. The first-order valence-electron chi connectivity index (χ1n) is 5.85. The number of rotatable bonds is 4. The Hall–Kier alpha value is -2.03. The van der Waals surface area contributed by atoms with Gasteiger partial charge in [0, 0.05) is 25.9 Å². The second-order valence-electron chi connectivity index (χ2n) is 4.21. The third-order valence-corrected chi connectivity index (χ3v) is 2.83. The van der Waals surface area contributed by atoms with Crippen LogP contribution in [0.15, 0.2) is 18.5 Å². The minimum absolute atomic E-state index is 0.189. The highest BCUT2D eigenvalue weighted by Gasteiger charge is 2.35. The van der Waals surface area contributed by atoms with Gasteiger partial charge in [0.15, 0.2) is 5.69 Å². The molecule has 0 saturated carbocycles. The molecule has 0 aliphatic heterocycles. The summed E-state index contributed by atoms with van der Waals surface area (Å²) in [5, 5.41) is 10.4. The summed E-state index contributed by atoms with van der Waals surface area (Å²) in [5.41, 5.74) is -1.27. The standard InChI is InChI=1S/C11H11ClF3N5O/c1-19-9(11(13,14)15)4-8(18-19)10(21)16-2-3-20-6-7(12)5-17-20/h4-6H,2-3H2,1H3,(H,16,21). The lowest BCUT2D eigenvalue weighted by molar-refractivity contribution is -0.143. The van der Waals surface area contributed by atoms with Crippen molar-refractivity contribution in [3.8, 4) is 0 Å². The number of hydrogen-bond acceptors (Lipinski definition) is 3. The Bertz CT molecular complexity index is 649. The molecule has 114 valence electrons. The van der Waals surface area contributed by atoms with E-state index in [-0.39, 0.29) is 12.2 Å². The van der Waals surface area contributed by atoms with Crippen molar-refractivity contribution in [2.75, 3.05) is 6.54 Å². The Morgan fingerprint density at radius 1 is 1.48 bits per heavy atom. The molecule has 0 aromatic carbocycles. The Balaban J connectivity index is 1.94. The van der Waals surface area contributed by atoms with Gasteiger partial charge in [0.05, 0.1) is 17.8 Å². The fourth-order valence-corrected chi connectivity index (χ4v) is 1.83. The average molecular weight is 322 g/mol. The summed E-state index contributed by atoms with van der Waals surface area (Å²) >= 11 is 5.67. The molecule has 2 aromatic heterocycles. The molecule has 1 N–H and O–H groups in total. The lowest BCUT2D eigenvalue weighted by Gasteiger charge is -2.04. The predicted molar refractivity (Wildman–Crippen MR) is 67.8 cm³/mol. The van der Waals surface area contributed by atoms with Crippen LogP contribution in [0.1, 0.15) is 16.2 Å². The number of alkyl halides is 3. The molecule has 6 nitrogen and oxygen atoms in total. The number of amides is 1. The van der Waals surface area contributed by atoms with Crippen molar-refractivity contribution in [2.45, 2.75) is 12.7 Å². The number of halogens is 4. The van der Waals surface area contributed by atoms with Crippen LogP contribution in [0.3, 0.4) is 0 Å². The summed E-state index contributed by atoms with van der Waals surface area (Å²) in [4.78, 5) is 11.7. The van der Waals surface area contributed by atoms with Crippen LogP contribution in [0, 0.1) is 0 Å². The summed E-state index contributed by atoms with van der Waals surface area (Å²) in [5.74, 6) is -0.681. The van der Waals surface area contributed by atoms with E-state index in [0.29, 0.717) is 22.3 Å². The van der Waals surface area contributed by atoms with E-state index in [1.165, 1.54) is 10.9 Å². The van der Waals surface area contributed by atoms with Crippen molar-refractivity contribution in [1.29, 1.82) is 0 Å².